The molecule has 132 valence electrons. The number of nitrogens with zero attached hydrogens (tertiary/aromatic N) is 3. The fraction of sp³-hybridized carbons (Fsp3) is 0. The Kier molecular flexibility index (Phi) is 3.14. The lowest BCUT2D eigenvalue weighted by atomic mass is 10.1. The van der Waals surface area contributed by atoms with E-state index < -0.39 is 0 Å². The molecule has 0 aliphatic rings. The molecule has 0 saturated heterocycles. The number of para-hydroxylation sites is 1. The third-order valence-electron chi connectivity index (χ3n) is 5.28. The summed E-state index contributed by atoms with van der Waals surface area (Å²) in [7, 11) is 0. The van der Waals surface area contributed by atoms with Gasteiger partial charge in [0.15, 0.2) is 5.82 Å². The zero-order chi connectivity index (χ0) is 18.5. The molecule has 6 rings (SSSR count). The highest BCUT2D eigenvalue weighted by atomic mass is 15.2. The first-order chi connectivity index (χ1) is 13.9. The van der Waals surface area contributed by atoms with Crippen molar-refractivity contribution in [3.63, 3.8) is 0 Å². The van der Waals surface area contributed by atoms with Gasteiger partial charge in [-0.05, 0) is 17.0 Å². The van der Waals surface area contributed by atoms with E-state index in [9.17, 15) is 0 Å². The van der Waals surface area contributed by atoms with Crippen LogP contribution in [0.1, 0.15) is 0 Å². The van der Waals surface area contributed by atoms with Crippen LogP contribution in [-0.4, -0.2) is 19.7 Å². The van der Waals surface area contributed by atoms with Crippen molar-refractivity contribution in [2.75, 3.05) is 0 Å². The van der Waals surface area contributed by atoms with Crippen molar-refractivity contribution in [1.82, 2.24) is 19.7 Å². The molecule has 0 unspecified atom stereocenters. The van der Waals surface area contributed by atoms with E-state index in [1.54, 1.807) is 0 Å². The first kappa shape index (κ1) is 15.2. The smallest absolute Gasteiger partial charge is 0.161 e. The van der Waals surface area contributed by atoms with Crippen LogP contribution >= 0.6 is 0 Å². The first-order valence-electron chi connectivity index (χ1n) is 9.28. The lowest BCUT2D eigenvalue weighted by Crippen LogP contribution is -1.95. The number of H-pyrrole nitrogens is 1. The van der Waals surface area contributed by atoms with Crippen molar-refractivity contribution in [3.05, 3.63) is 91.1 Å². The third-order valence-corrected chi connectivity index (χ3v) is 5.28. The monoisotopic (exact) mass is 360 g/mol. The summed E-state index contributed by atoms with van der Waals surface area (Å²) in [5, 5.41) is 12.5. The zero-order valence-corrected chi connectivity index (χ0v) is 15.0. The highest BCUT2D eigenvalue weighted by Gasteiger charge is 2.17. The van der Waals surface area contributed by atoms with E-state index in [0.29, 0.717) is 0 Å². The molecule has 0 saturated carbocycles. The number of nitrogens with one attached hydrogen (secondary N) is 1. The van der Waals surface area contributed by atoms with Crippen molar-refractivity contribution in [1.29, 1.82) is 0 Å². The Hall–Kier alpha value is -3.92. The van der Waals surface area contributed by atoms with E-state index in [-0.39, 0.29) is 0 Å². The summed E-state index contributed by atoms with van der Waals surface area (Å²) >= 11 is 0. The normalized spacial score (nSPS) is 11.6. The van der Waals surface area contributed by atoms with Crippen LogP contribution in [0.4, 0.5) is 0 Å². The van der Waals surface area contributed by atoms with Gasteiger partial charge in [0.05, 0.1) is 11.2 Å². The van der Waals surface area contributed by atoms with Gasteiger partial charge in [0.2, 0.25) is 0 Å². The van der Waals surface area contributed by atoms with Crippen LogP contribution in [0.3, 0.4) is 0 Å². The fourth-order valence-electron chi connectivity index (χ4n) is 4.01. The SMILES string of the molecule is c1ccc(-c2cc(-n3c4ccccc4c4c5ccccc5cnc43)n[nH]2)cc1. The standard InChI is InChI=1S/C24H16N4/c1-2-8-16(9-3-1)20-14-22(27-26-20)28-21-13-7-6-12-19(21)23-18-11-5-4-10-17(18)15-25-24(23)28/h1-15H,(H,26,27). The molecule has 1 N–H and O–H groups in total. The highest BCUT2D eigenvalue weighted by molar-refractivity contribution is 6.19. The van der Waals surface area contributed by atoms with Gasteiger partial charge in [0.25, 0.3) is 0 Å². The maximum atomic E-state index is 4.81. The fourth-order valence-corrected chi connectivity index (χ4v) is 4.01. The number of pyridine rings is 1. The Morgan fingerprint density at radius 3 is 2.39 bits per heavy atom. The Balaban J connectivity index is 1.69. The summed E-state index contributed by atoms with van der Waals surface area (Å²) in [4.78, 5) is 4.81. The largest absolute Gasteiger partial charge is 0.276 e. The summed E-state index contributed by atoms with van der Waals surface area (Å²) in [6.45, 7) is 0. The van der Waals surface area contributed by atoms with E-state index >= 15 is 0 Å². The molecule has 4 nitrogen and oxygen atoms in total. The number of fused-ring (bicyclic) bond motifs is 5. The van der Waals surface area contributed by atoms with Crippen LogP contribution in [0.2, 0.25) is 0 Å². The van der Waals surface area contributed by atoms with Gasteiger partial charge in [-0.3, -0.25) is 9.67 Å². The molecule has 0 fully saturated rings. The second-order valence-corrected chi connectivity index (χ2v) is 6.90. The number of aromatic amines is 1. The Morgan fingerprint density at radius 1 is 0.750 bits per heavy atom. The second kappa shape index (κ2) is 5.79. The van der Waals surface area contributed by atoms with Crippen LogP contribution in [0.15, 0.2) is 91.1 Å². The zero-order valence-electron chi connectivity index (χ0n) is 15.0. The number of aromatic nitrogens is 4. The predicted molar refractivity (Wildman–Crippen MR) is 114 cm³/mol. The van der Waals surface area contributed by atoms with Crippen LogP contribution in [0, 0.1) is 0 Å². The minimum Gasteiger partial charge on any atom is -0.276 e. The lowest BCUT2D eigenvalue weighted by Gasteiger charge is -2.03. The van der Waals surface area contributed by atoms with Crippen molar-refractivity contribution in [3.8, 4) is 17.1 Å². The van der Waals surface area contributed by atoms with E-state index in [0.717, 1.165) is 39.0 Å². The molecule has 0 spiro atoms. The molecule has 3 aromatic carbocycles. The lowest BCUT2D eigenvalue weighted by molar-refractivity contribution is 1.000. The number of hydrogen-bond donors (Lipinski definition) is 1. The highest BCUT2D eigenvalue weighted by Crippen LogP contribution is 2.35. The van der Waals surface area contributed by atoms with Crippen molar-refractivity contribution >= 4 is 32.7 Å². The van der Waals surface area contributed by atoms with Gasteiger partial charge in [-0.25, -0.2) is 4.98 Å². The minimum atomic E-state index is 0.841. The van der Waals surface area contributed by atoms with Gasteiger partial charge >= 0.3 is 0 Å². The van der Waals surface area contributed by atoms with Crippen LogP contribution in [0.5, 0.6) is 0 Å². The molecule has 0 bridgehead atoms. The molecule has 0 aliphatic carbocycles. The van der Waals surface area contributed by atoms with E-state index in [4.69, 9.17) is 4.98 Å². The predicted octanol–water partition coefficient (Wildman–Crippen LogP) is 5.72. The number of benzene rings is 3. The first-order valence-corrected chi connectivity index (χ1v) is 9.28. The number of hydrogen-bond acceptors (Lipinski definition) is 2. The Morgan fingerprint density at radius 2 is 1.50 bits per heavy atom. The quantitative estimate of drug-likeness (QED) is 0.429. The third kappa shape index (κ3) is 2.12. The van der Waals surface area contributed by atoms with Gasteiger partial charge in [-0.2, -0.15) is 5.10 Å². The average Bonchev–Trinajstić information content (AvgIpc) is 3.37. The summed E-state index contributed by atoms with van der Waals surface area (Å²) < 4.78 is 2.14. The molecule has 0 radical (unpaired) electrons. The average molecular weight is 360 g/mol. The Bertz CT molecular complexity index is 1460. The van der Waals surface area contributed by atoms with Gasteiger partial charge in [-0.1, -0.05) is 72.8 Å². The molecule has 4 heteroatoms. The maximum Gasteiger partial charge on any atom is 0.161 e. The maximum absolute atomic E-state index is 4.81. The Labute approximate surface area is 161 Å². The van der Waals surface area contributed by atoms with Gasteiger partial charge in [-0.15, -0.1) is 0 Å². The molecule has 3 heterocycles. The van der Waals surface area contributed by atoms with E-state index in [1.807, 2.05) is 24.4 Å². The second-order valence-electron chi connectivity index (χ2n) is 6.90. The molecule has 0 aliphatic heterocycles. The molecular formula is C24H16N4. The van der Waals surface area contributed by atoms with E-state index in [2.05, 4.69) is 81.5 Å². The molecule has 6 aromatic rings. The summed E-state index contributed by atoms with van der Waals surface area (Å²) in [6.07, 6.45) is 1.94. The summed E-state index contributed by atoms with van der Waals surface area (Å²) in [5.41, 5.74) is 4.13. The van der Waals surface area contributed by atoms with Crippen molar-refractivity contribution in [2.45, 2.75) is 0 Å². The minimum absolute atomic E-state index is 0.841. The number of rotatable bonds is 2. The molecular weight excluding hydrogens is 344 g/mol. The topological polar surface area (TPSA) is 46.5 Å². The molecule has 0 atom stereocenters. The summed E-state index contributed by atoms with van der Waals surface area (Å²) in [6, 6.07) is 29.1. The van der Waals surface area contributed by atoms with Gasteiger partial charge in [0.1, 0.15) is 5.65 Å². The molecule has 0 amide bonds. The molecule has 3 aromatic heterocycles. The van der Waals surface area contributed by atoms with Crippen molar-refractivity contribution < 1.29 is 0 Å². The van der Waals surface area contributed by atoms with E-state index in [1.165, 1.54) is 10.8 Å². The summed E-state index contributed by atoms with van der Waals surface area (Å²) in [5.74, 6) is 0.841. The van der Waals surface area contributed by atoms with Crippen LogP contribution in [-0.2, 0) is 0 Å². The van der Waals surface area contributed by atoms with Crippen LogP contribution in [0.25, 0.3) is 49.8 Å². The van der Waals surface area contributed by atoms with Gasteiger partial charge in [0, 0.05) is 28.4 Å². The molecule has 28 heavy (non-hydrogen) atoms. The van der Waals surface area contributed by atoms with Crippen LogP contribution < -0.4 is 0 Å². The van der Waals surface area contributed by atoms with Gasteiger partial charge < -0.3 is 0 Å². The van der Waals surface area contributed by atoms with Crippen molar-refractivity contribution in [2.24, 2.45) is 0 Å².